The minimum absolute atomic E-state index is 0.596. The van der Waals surface area contributed by atoms with Crippen molar-refractivity contribution in [1.29, 1.82) is 0 Å². The second-order valence-electron chi connectivity index (χ2n) is 8.42. The van der Waals surface area contributed by atoms with Gasteiger partial charge in [0.15, 0.2) is 5.16 Å². The zero-order valence-corrected chi connectivity index (χ0v) is 21.2. The molecule has 3 aromatic carbocycles. The molecule has 0 saturated heterocycles. The van der Waals surface area contributed by atoms with Crippen molar-refractivity contribution >= 4 is 41.0 Å². The summed E-state index contributed by atoms with van der Waals surface area (Å²) in [4.78, 5) is 0. The van der Waals surface area contributed by atoms with Crippen molar-refractivity contribution in [2.75, 3.05) is 14.2 Å². The Bertz CT molecular complexity index is 1460. The number of hydrogen-bond acceptors (Lipinski definition) is 3. The van der Waals surface area contributed by atoms with E-state index in [0.717, 1.165) is 38.5 Å². The van der Waals surface area contributed by atoms with E-state index in [9.17, 15) is 4.57 Å². The van der Waals surface area contributed by atoms with E-state index in [0.29, 0.717) is 5.02 Å². The lowest BCUT2D eigenvalue weighted by atomic mass is 9.83. The number of aromatic nitrogens is 2. The van der Waals surface area contributed by atoms with Gasteiger partial charge in [0.2, 0.25) is 0 Å². The van der Waals surface area contributed by atoms with Crippen LogP contribution in [0, 0.1) is 0 Å². The first-order valence-corrected chi connectivity index (χ1v) is 12.9. The molecule has 2 aromatic heterocycles. The van der Waals surface area contributed by atoms with E-state index < -0.39 is 12.8 Å². The molecule has 0 aliphatic carbocycles. The third kappa shape index (κ3) is 3.12. The van der Waals surface area contributed by atoms with Crippen LogP contribution in [0.15, 0.2) is 85.2 Å². The highest BCUT2D eigenvalue weighted by atomic mass is 35.5. The molecule has 5 rings (SSSR count). The number of halogens is 1. The number of aryl methyl sites for hydroxylation is 2. The Kier molecular flexibility index (Phi) is 5.70. The third-order valence-corrected chi connectivity index (χ3v) is 9.50. The van der Waals surface area contributed by atoms with Gasteiger partial charge in [-0.1, -0.05) is 60.1 Å². The largest absolute Gasteiger partial charge is 0.350 e. The van der Waals surface area contributed by atoms with E-state index in [1.807, 2.05) is 75.0 Å². The summed E-state index contributed by atoms with van der Waals surface area (Å²) in [5.41, 5.74) is 4.51. The van der Waals surface area contributed by atoms with Crippen molar-refractivity contribution in [2.24, 2.45) is 14.1 Å². The number of para-hydroxylation sites is 2. The van der Waals surface area contributed by atoms with Crippen LogP contribution >= 0.6 is 19.2 Å². The van der Waals surface area contributed by atoms with Crippen LogP contribution in [0.2, 0.25) is 5.02 Å². The number of nitrogens with zero attached hydrogens (tertiary/aromatic N) is 2. The van der Waals surface area contributed by atoms with Gasteiger partial charge in [0.05, 0.1) is 0 Å². The maximum Gasteiger partial charge on any atom is 0.349 e. The Labute approximate surface area is 204 Å². The van der Waals surface area contributed by atoms with Crippen molar-refractivity contribution in [1.82, 2.24) is 9.13 Å². The van der Waals surface area contributed by atoms with Crippen LogP contribution in [0.25, 0.3) is 21.8 Å². The van der Waals surface area contributed by atoms with E-state index in [1.54, 1.807) is 0 Å². The molecule has 34 heavy (non-hydrogen) atoms. The fourth-order valence-corrected chi connectivity index (χ4v) is 7.44. The van der Waals surface area contributed by atoms with E-state index >= 15 is 0 Å². The molecular formula is C27H26ClN2O3P. The molecule has 0 radical (unpaired) electrons. The summed E-state index contributed by atoms with van der Waals surface area (Å²) in [6.07, 6.45) is 4.07. The SMILES string of the molecule is COP(=O)(OC)C(c1ccc(Cl)cc1)(c1cn(C)c2ccccc12)c1cn(C)c2ccccc12. The second-order valence-corrected chi connectivity index (χ2v) is 11.3. The Hall–Kier alpha value is -2.82. The van der Waals surface area contributed by atoms with Gasteiger partial charge in [0.25, 0.3) is 0 Å². The van der Waals surface area contributed by atoms with E-state index in [1.165, 1.54) is 14.2 Å². The summed E-state index contributed by atoms with van der Waals surface area (Å²) in [5.74, 6) is 0. The minimum atomic E-state index is -3.85. The summed E-state index contributed by atoms with van der Waals surface area (Å²) in [5, 5.41) is 1.28. The van der Waals surface area contributed by atoms with Crippen molar-refractivity contribution < 1.29 is 13.6 Å². The van der Waals surface area contributed by atoms with E-state index in [2.05, 4.69) is 33.4 Å². The van der Waals surface area contributed by atoms with Gasteiger partial charge in [-0.2, -0.15) is 0 Å². The highest BCUT2D eigenvalue weighted by Gasteiger charge is 2.56. The van der Waals surface area contributed by atoms with Gasteiger partial charge in [-0.05, 0) is 29.8 Å². The maximum atomic E-state index is 14.9. The third-order valence-electron chi connectivity index (χ3n) is 6.73. The van der Waals surface area contributed by atoms with Crippen LogP contribution in [0.4, 0.5) is 0 Å². The maximum absolute atomic E-state index is 14.9. The summed E-state index contributed by atoms with van der Waals surface area (Å²) in [6, 6.07) is 23.7. The van der Waals surface area contributed by atoms with Gasteiger partial charge < -0.3 is 18.2 Å². The molecule has 0 fully saturated rings. The average molecular weight is 493 g/mol. The predicted molar refractivity (Wildman–Crippen MR) is 139 cm³/mol. The van der Waals surface area contributed by atoms with Crippen LogP contribution in [0.1, 0.15) is 16.7 Å². The van der Waals surface area contributed by atoms with Gasteiger partial charge in [-0.25, -0.2) is 0 Å². The Balaban J connectivity index is 2.06. The van der Waals surface area contributed by atoms with Crippen LogP contribution in [0.5, 0.6) is 0 Å². The monoisotopic (exact) mass is 492 g/mol. The zero-order chi connectivity index (χ0) is 24.1. The molecule has 0 unspecified atom stereocenters. The lowest BCUT2D eigenvalue weighted by Crippen LogP contribution is -2.30. The molecule has 0 spiro atoms. The highest BCUT2D eigenvalue weighted by molar-refractivity contribution is 7.55. The summed E-state index contributed by atoms with van der Waals surface area (Å²) < 4.78 is 30.7. The first kappa shape index (κ1) is 22.9. The summed E-state index contributed by atoms with van der Waals surface area (Å²) >= 11 is 6.29. The molecule has 5 aromatic rings. The second kappa shape index (κ2) is 8.44. The average Bonchev–Trinajstić information content (AvgIpc) is 3.38. The smallest absolute Gasteiger partial charge is 0.349 e. The quantitative estimate of drug-likeness (QED) is 0.237. The number of benzene rings is 3. The molecule has 7 heteroatoms. The molecule has 0 aliphatic heterocycles. The Morgan fingerprint density at radius 2 is 1.18 bits per heavy atom. The fourth-order valence-electron chi connectivity index (χ4n) is 5.21. The topological polar surface area (TPSA) is 45.4 Å². The van der Waals surface area contributed by atoms with Gasteiger partial charge in [-0.3, -0.25) is 4.57 Å². The van der Waals surface area contributed by atoms with Crippen molar-refractivity contribution in [2.45, 2.75) is 5.16 Å². The highest BCUT2D eigenvalue weighted by Crippen LogP contribution is 2.71. The van der Waals surface area contributed by atoms with Gasteiger partial charge >= 0.3 is 7.60 Å². The number of rotatable bonds is 6. The Morgan fingerprint density at radius 1 is 0.735 bits per heavy atom. The first-order valence-electron chi connectivity index (χ1n) is 10.9. The van der Waals surface area contributed by atoms with Crippen LogP contribution in [0.3, 0.4) is 0 Å². The molecule has 0 aliphatic rings. The minimum Gasteiger partial charge on any atom is -0.350 e. The van der Waals surface area contributed by atoms with Gasteiger partial charge in [-0.15, -0.1) is 0 Å². The molecule has 5 nitrogen and oxygen atoms in total. The lowest BCUT2D eigenvalue weighted by Gasteiger charge is -2.38. The van der Waals surface area contributed by atoms with Crippen LogP contribution in [-0.2, 0) is 32.9 Å². The number of hydrogen-bond donors (Lipinski definition) is 0. The number of fused-ring (bicyclic) bond motifs is 2. The molecule has 0 saturated carbocycles. The molecule has 0 atom stereocenters. The van der Waals surface area contributed by atoms with E-state index in [-0.39, 0.29) is 0 Å². The molecular weight excluding hydrogens is 467 g/mol. The van der Waals surface area contributed by atoms with Crippen molar-refractivity contribution in [3.63, 3.8) is 0 Å². The zero-order valence-electron chi connectivity index (χ0n) is 19.5. The van der Waals surface area contributed by atoms with Gasteiger partial charge in [0, 0.05) is 78.7 Å². The summed E-state index contributed by atoms with van der Waals surface area (Å²) in [7, 11) is 3.03. The Morgan fingerprint density at radius 3 is 1.62 bits per heavy atom. The summed E-state index contributed by atoms with van der Waals surface area (Å²) in [6.45, 7) is 0. The van der Waals surface area contributed by atoms with Crippen molar-refractivity contribution in [3.05, 3.63) is 107 Å². The first-order chi connectivity index (χ1) is 16.4. The predicted octanol–water partition coefficient (Wildman–Crippen LogP) is 7.10. The van der Waals surface area contributed by atoms with Crippen molar-refractivity contribution in [3.8, 4) is 0 Å². The lowest BCUT2D eigenvalue weighted by molar-refractivity contribution is 0.259. The molecule has 0 bridgehead atoms. The standard InChI is InChI=1S/C27H26ClN2O3P/c1-29-17-23(21-9-5-7-11-25(21)29)27(34(31,32-3)33-4,19-13-15-20(28)16-14-19)24-18-30(2)26-12-8-6-10-22(24)26/h5-18H,1-4H3. The van der Waals surface area contributed by atoms with Crippen LogP contribution < -0.4 is 0 Å². The van der Waals surface area contributed by atoms with Gasteiger partial charge in [0.1, 0.15) is 0 Å². The normalized spacial score (nSPS) is 12.6. The fraction of sp³-hybridized carbons (Fsp3) is 0.185. The molecule has 0 amide bonds. The molecule has 2 heterocycles. The molecule has 0 N–H and O–H groups in total. The molecule has 174 valence electrons. The van der Waals surface area contributed by atoms with E-state index in [4.69, 9.17) is 20.6 Å². The van der Waals surface area contributed by atoms with Crippen LogP contribution in [-0.4, -0.2) is 23.4 Å².